The summed E-state index contributed by atoms with van der Waals surface area (Å²) in [6.07, 6.45) is 2.63. The summed E-state index contributed by atoms with van der Waals surface area (Å²) in [4.78, 5) is 22.1. The quantitative estimate of drug-likeness (QED) is 0.331. The summed E-state index contributed by atoms with van der Waals surface area (Å²) in [5, 5.41) is 4.23. The van der Waals surface area contributed by atoms with E-state index in [9.17, 15) is 4.79 Å². The summed E-state index contributed by atoms with van der Waals surface area (Å²) in [5.41, 5.74) is 2.99. The van der Waals surface area contributed by atoms with Crippen LogP contribution in [0.25, 0.3) is 0 Å². The molecule has 0 bridgehead atoms. The van der Waals surface area contributed by atoms with Crippen LogP contribution in [0.3, 0.4) is 0 Å². The molecular formula is C24H22N2O4. The lowest BCUT2D eigenvalue weighted by atomic mass is 10.1. The maximum absolute atomic E-state index is 12.4. The van der Waals surface area contributed by atoms with E-state index in [1.165, 1.54) is 5.56 Å². The minimum absolute atomic E-state index is 0.136. The predicted molar refractivity (Wildman–Crippen MR) is 113 cm³/mol. The van der Waals surface area contributed by atoms with Crippen LogP contribution in [0.2, 0.25) is 0 Å². The fourth-order valence-corrected chi connectivity index (χ4v) is 3.41. The fourth-order valence-electron chi connectivity index (χ4n) is 3.41. The summed E-state index contributed by atoms with van der Waals surface area (Å²) < 4.78 is 10.4. The van der Waals surface area contributed by atoms with Gasteiger partial charge in [0.05, 0.1) is 25.5 Å². The second kappa shape index (κ2) is 8.78. The van der Waals surface area contributed by atoms with Crippen LogP contribution in [0, 0.1) is 5.92 Å². The molecular weight excluding hydrogens is 380 g/mol. The number of benzene rings is 2. The van der Waals surface area contributed by atoms with Crippen LogP contribution >= 0.6 is 0 Å². The van der Waals surface area contributed by atoms with Crippen molar-refractivity contribution in [1.82, 2.24) is 4.98 Å². The topological polar surface area (TPSA) is 70.0 Å². The second-order valence-corrected chi connectivity index (χ2v) is 7.02. The molecule has 6 nitrogen and oxygen atoms in total. The Labute approximate surface area is 175 Å². The molecule has 4 rings (SSSR count). The number of carbonyl (C=O) groups is 1. The number of hydrogen-bond acceptors (Lipinski definition) is 6. The largest absolute Gasteiger partial charge is 0.497 e. The monoisotopic (exact) mass is 402 g/mol. The summed E-state index contributed by atoms with van der Waals surface area (Å²) in [7, 11) is 3.23. The lowest BCUT2D eigenvalue weighted by Crippen LogP contribution is -2.11. The first-order valence-electron chi connectivity index (χ1n) is 9.68. The number of aromatic nitrogens is 1. The standard InChI is InChI=1S/C24H22N2O4/c1-28-18-10-6-16(7-11-18)20-15-21(20)23(22-5-3-4-14-25-22)26-30-24(27)17-8-12-19(29-2)13-9-17/h3-14,20-21H,15H2,1-2H3/b26-23+/t20-,21-/m1/s1. The minimum atomic E-state index is -0.521. The van der Waals surface area contributed by atoms with Crippen molar-refractivity contribution in [2.24, 2.45) is 11.1 Å². The van der Waals surface area contributed by atoms with E-state index < -0.39 is 5.97 Å². The third-order valence-corrected chi connectivity index (χ3v) is 5.17. The van der Waals surface area contributed by atoms with Crippen molar-refractivity contribution in [3.05, 3.63) is 89.7 Å². The molecule has 1 heterocycles. The number of oxime groups is 1. The highest BCUT2D eigenvalue weighted by molar-refractivity contribution is 6.03. The van der Waals surface area contributed by atoms with E-state index in [2.05, 4.69) is 22.3 Å². The molecule has 0 N–H and O–H groups in total. The van der Waals surface area contributed by atoms with E-state index in [1.54, 1.807) is 44.7 Å². The van der Waals surface area contributed by atoms with Gasteiger partial charge >= 0.3 is 5.97 Å². The van der Waals surface area contributed by atoms with Crippen LogP contribution in [0.1, 0.15) is 34.0 Å². The van der Waals surface area contributed by atoms with Gasteiger partial charge in [0.1, 0.15) is 17.2 Å². The maximum atomic E-state index is 12.4. The zero-order chi connectivity index (χ0) is 20.9. The smallest absolute Gasteiger partial charge is 0.365 e. The molecule has 0 saturated heterocycles. The molecule has 1 aliphatic rings. The van der Waals surface area contributed by atoms with Crippen molar-refractivity contribution in [1.29, 1.82) is 0 Å². The summed E-state index contributed by atoms with van der Waals surface area (Å²) >= 11 is 0. The molecule has 152 valence electrons. The Bertz CT molecular complexity index is 1030. The molecule has 0 radical (unpaired) electrons. The van der Waals surface area contributed by atoms with Crippen molar-refractivity contribution in [3.63, 3.8) is 0 Å². The van der Waals surface area contributed by atoms with E-state index in [4.69, 9.17) is 14.3 Å². The number of nitrogens with zero attached hydrogens (tertiary/aromatic N) is 2. The molecule has 6 heteroatoms. The van der Waals surface area contributed by atoms with Gasteiger partial charge in [0.25, 0.3) is 0 Å². The Morgan fingerprint density at radius 2 is 1.60 bits per heavy atom. The SMILES string of the molecule is COc1ccc(C(=O)O/N=C(/c2ccccn2)[C@@H]2C[C@@H]2c2ccc(OC)cc2)cc1. The van der Waals surface area contributed by atoms with Crippen molar-refractivity contribution < 1.29 is 19.1 Å². The molecule has 1 aromatic heterocycles. The first kappa shape index (κ1) is 19.6. The van der Waals surface area contributed by atoms with Gasteiger partial charge in [-0.15, -0.1) is 0 Å². The van der Waals surface area contributed by atoms with Crippen molar-refractivity contribution in [2.75, 3.05) is 14.2 Å². The van der Waals surface area contributed by atoms with Gasteiger partial charge in [-0.3, -0.25) is 4.98 Å². The normalized spacial score (nSPS) is 17.9. The first-order valence-corrected chi connectivity index (χ1v) is 9.68. The summed E-state index contributed by atoms with van der Waals surface area (Å²) in [6.45, 7) is 0. The zero-order valence-corrected chi connectivity index (χ0v) is 16.8. The number of methoxy groups -OCH3 is 2. The van der Waals surface area contributed by atoms with Crippen LogP contribution in [0.15, 0.2) is 78.1 Å². The molecule has 0 spiro atoms. The molecule has 3 aromatic rings. The van der Waals surface area contributed by atoms with Crippen LogP contribution in [0.4, 0.5) is 0 Å². The van der Waals surface area contributed by atoms with Gasteiger partial charge in [-0.1, -0.05) is 23.4 Å². The van der Waals surface area contributed by atoms with E-state index >= 15 is 0 Å². The van der Waals surface area contributed by atoms with E-state index in [1.807, 2.05) is 30.3 Å². The highest BCUT2D eigenvalue weighted by Gasteiger charge is 2.43. The zero-order valence-electron chi connectivity index (χ0n) is 16.8. The van der Waals surface area contributed by atoms with Gasteiger partial charge in [0, 0.05) is 12.1 Å². The molecule has 30 heavy (non-hydrogen) atoms. The third kappa shape index (κ3) is 4.33. The molecule has 1 saturated carbocycles. The Morgan fingerprint density at radius 1 is 0.933 bits per heavy atom. The number of carbonyl (C=O) groups excluding carboxylic acids is 1. The average Bonchev–Trinajstić information content (AvgIpc) is 3.60. The Morgan fingerprint density at radius 3 is 2.20 bits per heavy atom. The molecule has 1 aliphatic carbocycles. The van der Waals surface area contributed by atoms with Crippen LogP contribution in [-0.4, -0.2) is 30.9 Å². The van der Waals surface area contributed by atoms with Crippen LogP contribution in [-0.2, 0) is 4.84 Å². The minimum Gasteiger partial charge on any atom is -0.497 e. The van der Waals surface area contributed by atoms with Gasteiger partial charge in [-0.2, -0.15) is 0 Å². The van der Waals surface area contributed by atoms with Gasteiger partial charge in [-0.05, 0) is 66.4 Å². The highest BCUT2D eigenvalue weighted by atomic mass is 16.7. The van der Waals surface area contributed by atoms with Crippen molar-refractivity contribution in [2.45, 2.75) is 12.3 Å². The van der Waals surface area contributed by atoms with E-state index in [-0.39, 0.29) is 5.92 Å². The molecule has 2 aromatic carbocycles. The molecule has 0 aliphatic heterocycles. The van der Waals surface area contributed by atoms with Gasteiger partial charge in [0.2, 0.25) is 0 Å². The summed E-state index contributed by atoms with van der Waals surface area (Å²) in [6, 6.07) is 20.4. The maximum Gasteiger partial charge on any atom is 0.365 e. The predicted octanol–water partition coefficient (Wildman–Crippen LogP) is 4.46. The summed E-state index contributed by atoms with van der Waals surface area (Å²) in [5.74, 6) is 1.41. The Balaban J connectivity index is 1.54. The lowest BCUT2D eigenvalue weighted by molar-refractivity contribution is 0.0515. The van der Waals surface area contributed by atoms with E-state index in [0.717, 1.165) is 12.2 Å². The molecule has 0 unspecified atom stereocenters. The first-order chi connectivity index (χ1) is 14.7. The number of hydrogen-bond donors (Lipinski definition) is 0. The number of pyridine rings is 1. The van der Waals surface area contributed by atoms with Gasteiger partial charge < -0.3 is 14.3 Å². The van der Waals surface area contributed by atoms with Gasteiger partial charge in [-0.25, -0.2) is 4.79 Å². The Hall–Kier alpha value is -3.67. The van der Waals surface area contributed by atoms with Crippen LogP contribution < -0.4 is 9.47 Å². The van der Waals surface area contributed by atoms with Crippen molar-refractivity contribution in [3.8, 4) is 11.5 Å². The third-order valence-electron chi connectivity index (χ3n) is 5.17. The molecule has 1 fully saturated rings. The molecule has 2 atom stereocenters. The average molecular weight is 402 g/mol. The highest BCUT2D eigenvalue weighted by Crippen LogP contribution is 2.49. The van der Waals surface area contributed by atoms with Crippen molar-refractivity contribution >= 4 is 11.7 Å². The second-order valence-electron chi connectivity index (χ2n) is 7.02. The van der Waals surface area contributed by atoms with Crippen LogP contribution in [0.5, 0.6) is 11.5 Å². The Kier molecular flexibility index (Phi) is 5.75. The number of rotatable bonds is 7. The van der Waals surface area contributed by atoms with Gasteiger partial charge in [0.15, 0.2) is 0 Å². The number of ether oxygens (including phenoxy) is 2. The lowest BCUT2D eigenvalue weighted by Gasteiger charge is -2.07. The fraction of sp³-hybridized carbons (Fsp3) is 0.208. The molecule has 0 amide bonds. The van der Waals surface area contributed by atoms with E-state index in [0.29, 0.717) is 28.6 Å².